The SMILES string of the molecule is CCS(=O)c1c(-c2nc3cc(C(C)(F)C(F)(F)F)ccc3s2)nn2c(C)c(C)c(C)c(C)c12. The summed E-state index contributed by atoms with van der Waals surface area (Å²) in [6, 6.07) is 3.69. The van der Waals surface area contributed by atoms with E-state index < -0.39 is 28.2 Å². The van der Waals surface area contributed by atoms with Crippen LogP contribution in [0.2, 0.25) is 0 Å². The summed E-state index contributed by atoms with van der Waals surface area (Å²) >= 11 is 1.23. The van der Waals surface area contributed by atoms with Crippen LogP contribution in [0.25, 0.3) is 26.4 Å². The molecule has 1 aromatic carbocycles. The third kappa shape index (κ3) is 3.58. The molecule has 10 heteroatoms. The van der Waals surface area contributed by atoms with Gasteiger partial charge in [-0.25, -0.2) is 13.9 Å². The molecule has 0 aliphatic rings. The molecule has 0 amide bonds. The molecule has 4 rings (SSSR count). The van der Waals surface area contributed by atoms with E-state index in [0.717, 1.165) is 40.0 Å². The number of aromatic nitrogens is 3. The third-order valence-electron chi connectivity index (χ3n) is 6.34. The second kappa shape index (κ2) is 7.87. The van der Waals surface area contributed by atoms with Gasteiger partial charge in [0.25, 0.3) is 0 Å². The number of halogens is 4. The Kier molecular flexibility index (Phi) is 5.68. The molecule has 2 atom stereocenters. The van der Waals surface area contributed by atoms with Crippen LogP contribution < -0.4 is 0 Å². The summed E-state index contributed by atoms with van der Waals surface area (Å²) in [5, 5.41) is 5.17. The number of aryl methyl sites for hydroxylation is 2. The molecule has 0 saturated heterocycles. The molecule has 33 heavy (non-hydrogen) atoms. The fraction of sp³-hybridized carbons (Fsp3) is 0.391. The first-order chi connectivity index (χ1) is 15.3. The number of nitrogens with zero attached hydrogens (tertiary/aromatic N) is 3. The largest absolute Gasteiger partial charge is 0.426 e. The quantitative estimate of drug-likeness (QED) is 0.294. The highest BCUT2D eigenvalue weighted by atomic mass is 32.2. The molecule has 0 aliphatic heterocycles. The topological polar surface area (TPSA) is 47.3 Å². The molecule has 2 unspecified atom stereocenters. The zero-order valence-corrected chi connectivity index (χ0v) is 20.7. The normalized spacial score (nSPS) is 15.3. The molecule has 0 fully saturated rings. The van der Waals surface area contributed by atoms with Crippen molar-refractivity contribution in [3.63, 3.8) is 0 Å². The van der Waals surface area contributed by atoms with Crippen LogP contribution in [0.1, 0.15) is 41.8 Å². The molecule has 4 aromatic rings. The first-order valence-electron chi connectivity index (χ1n) is 10.3. The second-order valence-corrected chi connectivity index (χ2v) is 10.9. The zero-order valence-electron chi connectivity index (χ0n) is 19.0. The van der Waals surface area contributed by atoms with E-state index in [-0.39, 0.29) is 5.52 Å². The zero-order chi connectivity index (χ0) is 24.5. The number of alkyl halides is 4. The number of hydrogen-bond donors (Lipinski definition) is 0. The highest BCUT2D eigenvalue weighted by molar-refractivity contribution is 7.85. The Balaban J connectivity index is 1.99. The van der Waals surface area contributed by atoms with E-state index in [1.807, 2.05) is 34.6 Å². The molecule has 0 saturated carbocycles. The van der Waals surface area contributed by atoms with Gasteiger partial charge < -0.3 is 0 Å². The highest BCUT2D eigenvalue weighted by Gasteiger charge is 2.53. The van der Waals surface area contributed by atoms with Crippen LogP contribution in [-0.2, 0) is 16.5 Å². The van der Waals surface area contributed by atoms with E-state index in [0.29, 0.717) is 33.0 Å². The lowest BCUT2D eigenvalue weighted by Gasteiger charge is -2.23. The van der Waals surface area contributed by atoms with Crippen molar-refractivity contribution in [3.8, 4) is 10.7 Å². The second-order valence-electron chi connectivity index (χ2n) is 8.23. The Morgan fingerprint density at radius 3 is 2.33 bits per heavy atom. The Hall–Kier alpha value is -2.33. The van der Waals surface area contributed by atoms with E-state index in [1.165, 1.54) is 17.4 Å². The monoisotopic (exact) mass is 497 g/mol. The fourth-order valence-electron chi connectivity index (χ4n) is 3.85. The lowest BCUT2D eigenvalue weighted by atomic mass is 9.97. The van der Waals surface area contributed by atoms with Crippen molar-refractivity contribution in [1.82, 2.24) is 14.6 Å². The lowest BCUT2D eigenvalue weighted by Crippen LogP contribution is -2.34. The van der Waals surface area contributed by atoms with Gasteiger partial charge in [-0.05, 0) is 63.4 Å². The highest BCUT2D eigenvalue weighted by Crippen LogP contribution is 2.44. The predicted molar refractivity (Wildman–Crippen MR) is 124 cm³/mol. The van der Waals surface area contributed by atoms with Crippen molar-refractivity contribution < 1.29 is 21.8 Å². The first-order valence-corrected chi connectivity index (χ1v) is 12.5. The number of fused-ring (bicyclic) bond motifs is 2. The number of pyridine rings is 1. The Labute approximate surface area is 195 Å². The van der Waals surface area contributed by atoms with E-state index in [2.05, 4.69) is 4.98 Å². The summed E-state index contributed by atoms with van der Waals surface area (Å²) in [5.74, 6) is 0.376. The number of benzene rings is 1. The molecule has 176 valence electrons. The Bertz CT molecular complexity index is 1430. The van der Waals surface area contributed by atoms with E-state index in [4.69, 9.17) is 5.10 Å². The van der Waals surface area contributed by atoms with Gasteiger partial charge in [0, 0.05) is 17.0 Å². The molecule has 4 nitrogen and oxygen atoms in total. The molecular formula is C23H23F4N3OS2. The molecule has 3 heterocycles. The van der Waals surface area contributed by atoms with Crippen molar-refractivity contribution in [2.24, 2.45) is 0 Å². The number of hydrogen-bond acceptors (Lipinski definition) is 4. The first kappa shape index (κ1) is 23.8. The van der Waals surface area contributed by atoms with Crippen LogP contribution >= 0.6 is 11.3 Å². The summed E-state index contributed by atoms with van der Waals surface area (Å²) in [6.45, 7) is 10.2. The smallest absolute Gasteiger partial charge is 0.254 e. The molecule has 0 aliphatic carbocycles. The summed E-state index contributed by atoms with van der Waals surface area (Å²) in [6.07, 6.45) is -5.04. The van der Waals surface area contributed by atoms with E-state index in [1.54, 1.807) is 4.52 Å². The average molecular weight is 498 g/mol. The predicted octanol–water partition coefficient (Wildman–Crippen LogP) is 6.72. The van der Waals surface area contributed by atoms with Crippen LogP contribution in [-0.4, -0.2) is 30.7 Å². The number of rotatable bonds is 4. The lowest BCUT2D eigenvalue weighted by molar-refractivity contribution is -0.228. The Morgan fingerprint density at radius 2 is 1.73 bits per heavy atom. The minimum Gasteiger partial charge on any atom is -0.254 e. The maximum atomic E-state index is 14.5. The minimum atomic E-state index is -5.04. The molecule has 0 bridgehead atoms. The maximum absolute atomic E-state index is 14.5. The molecular weight excluding hydrogens is 474 g/mol. The fourth-order valence-corrected chi connectivity index (χ4v) is 5.95. The van der Waals surface area contributed by atoms with Crippen molar-refractivity contribution in [3.05, 3.63) is 46.1 Å². The van der Waals surface area contributed by atoms with Gasteiger partial charge in [-0.15, -0.1) is 11.3 Å². The van der Waals surface area contributed by atoms with E-state index >= 15 is 0 Å². The van der Waals surface area contributed by atoms with Crippen LogP contribution in [0.3, 0.4) is 0 Å². The molecule has 0 radical (unpaired) electrons. The van der Waals surface area contributed by atoms with Gasteiger partial charge in [0.2, 0.25) is 5.67 Å². The average Bonchev–Trinajstić information content (AvgIpc) is 3.36. The van der Waals surface area contributed by atoms with E-state index in [9.17, 15) is 21.8 Å². The number of thiazole rings is 1. The summed E-state index contributed by atoms with van der Waals surface area (Å²) in [4.78, 5) is 5.05. The molecule has 3 aromatic heterocycles. The van der Waals surface area contributed by atoms with Crippen LogP contribution in [0.5, 0.6) is 0 Å². The summed E-state index contributed by atoms with van der Waals surface area (Å²) in [5.41, 5.74) is 1.48. The molecule has 0 N–H and O–H groups in total. The Morgan fingerprint density at radius 1 is 1.06 bits per heavy atom. The van der Waals surface area contributed by atoms with Gasteiger partial charge in [-0.1, -0.05) is 13.0 Å². The van der Waals surface area contributed by atoms with Gasteiger partial charge in [-0.3, -0.25) is 4.21 Å². The van der Waals surface area contributed by atoms with Crippen LogP contribution in [0.15, 0.2) is 23.1 Å². The van der Waals surface area contributed by atoms with Crippen molar-refractivity contribution in [1.29, 1.82) is 0 Å². The summed E-state index contributed by atoms with van der Waals surface area (Å²) < 4.78 is 69.6. The van der Waals surface area contributed by atoms with Crippen molar-refractivity contribution in [2.75, 3.05) is 5.75 Å². The van der Waals surface area contributed by atoms with Gasteiger partial charge in [0.1, 0.15) is 10.7 Å². The van der Waals surface area contributed by atoms with Gasteiger partial charge in [-0.2, -0.15) is 18.3 Å². The minimum absolute atomic E-state index is 0.242. The van der Waals surface area contributed by atoms with Gasteiger partial charge in [0.15, 0.2) is 0 Å². The molecule has 0 spiro atoms. The van der Waals surface area contributed by atoms with Gasteiger partial charge in [0.05, 0.1) is 31.4 Å². The summed E-state index contributed by atoms with van der Waals surface area (Å²) in [7, 11) is -1.36. The van der Waals surface area contributed by atoms with Crippen molar-refractivity contribution in [2.45, 2.75) is 58.3 Å². The van der Waals surface area contributed by atoms with Gasteiger partial charge >= 0.3 is 6.18 Å². The standard InChI is InChI=1S/C23H23F4N3OS2/c1-7-33(31)20-18(29-30-14(5)12(3)11(2)13(4)19(20)30)21-28-16-10-15(8-9-17(16)32-21)22(6,24)23(25,26)27/h8-10H,7H2,1-6H3. The van der Waals surface area contributed by atoms with Crippen molar-refractivity contribution >= 4 is 37.9 Å². The maximum Gasteiger partial charge on any atom is 0.426 e. The van der Waals surface area contributed by atoms with Crippen LogP contribution in [0.4, 0.5) is 17.6 Å². The van der Waals surface area contributed by atoms with Crippen LogP contribution in [0, 0.1) is 27.7 Å². The third-order valence-corrected chi connectivity index (χ3v) is 8.75.